The molecule has 0 aromatic heterocycles. The van der Waals surface area contributed by atoms with Crippen LogP contribution < -0.4 is 0 Å². The van der Waals surface area contributed by atoms with Crippen LogP contribution in [0.5, 0.6) is 0 Å². The summed E-state index contributed by atoms with van der Waals surface area (Å²) in [5, 5.41) is 0. The normalized spacial score (nSPS) is 47.4. The van der Waals surface area contributed by atoms with Crippen LogP contribution in [0.25, 0.3) is 0 Å². The first-order valence-electron chi connectivity index (χ1n) is 5.80. The highest BCUT2D eigenvalue weighted by Gasteiger charge is 2.39. The van der Waals surface area contributed by atoms with E-state index in [9.17, 15) is 0 Å². The molecule has 0 aromatic rings. The second-order valence-corrected chi connectivity index (χ2v) is 4.94. The molecular formula is C13H18. The van der Waals surface area contributed by atoms with E-state index < -0.39 is 0 Å². The fourth-order valence-electron chi connectivity index (χ4n) is 3.76. The second kappa shape index (κ2) is 3.01. The van der Waals surface area contributed by atoms with Crippen LogP contribution in [0.1, 0.15) is 32.1 Å². The summed E-state index contributed by atoms with van der Waals surface area (Å²) < 4.78 is 0. The molecule has 4 atom stereocenters. The van der Waals surface area contributed by atoms with Crippen LogP contribution in [0.3, 0.4) is 0 Å². The van der Waals surface area contributed by atoms with Crippen molar-refractivity contribution < 1.29 is 0 Å². The minimum Gasteiger partial charge on any atom is -0.0808 e. The van der Waals surface area contributed by atoms with Crippen LogP contribution in [-0.4, -0.2) is 0 Å². The molecule has 0 bridgehead atoms. The van der Waals surface area contributed by atoms with Crippen molar-refractivity contribution in [3.63, 3.8) is 0 Å². The molecule has 2 saturated carbocycles. The second-order valence-electron chi connectivity index (χ2n) is 4.94. The number of hydrogen-bond donors (Lipinski definition) is 0. The third-order valence-electron chi connectivity index (χ3n) is 4.38. The molecular weight excluding hydrogens is 156 g/mol. The van der Waals surface area contributed by atoms with Crippen molar-refractivity contribution in [3.8, 4) is 0 Å². The fourth-order valence-corrected chi connectivity index (χ4v) is 3.76. The third kappa shape index (κ3) is 1.19. The Morgan fingerprint density at radius 3 is 2.77 bits per heavy atom. The average molecular weight is 174 g/mol. The summed E-state index contributed by atoms with van der Waals surface area (Å²) in [5.41, 5.74) is 0. The Hall–Kier alpha value is -0.520. The highest BCUT2D eigenvalue weighted by molar-refractivity contribution is 5.17. The predicted molar refractivity (Wildman–Crippen MR) is 55.3 cm³/mol. The molecule has 0 spiro atoms. The van der Waals surface area contributed by atoms with E-state index >= 15 is 0 Å². The van der Waals surface area contributed by atoms with Crippen LogP contribution in [0, 0.1) is 23.7 Å². The van der Waals surface area contributed by atoms with Gasteiger partial charge in [0.2, 0.25) is 0 Å². The third-order valence-corrected chi connectivity index (χ3v) is 4.38. The Bertz CT molecular complexity index is 249. The van der Waals surface area contributed by atoms with Crippen LogP contribution in [0.15, 0.2) is 24.3 Å². The quantitative estimate of drug-likeness (QED) is 0.527. The molecule has 0 nitrogen and oxygen atoms in total. The van der Waals surface area contributed by atoms with Gasteiger partial charge in [-0.2, -0.15) is 0 Å². The van der Waals surface area contributed by atoms with E-state index in [1.165, 1.54) is 32.1 Å². The van der Waals surface area contributed by atoms with Crippen LogP contribution >= 0.6 is 0 Å². The zero-order valence-corrected chi connectivity index (χ0v) is 8.15. The van der Waals surface area contributed by atoms with Gasteiger partial charge in [-0.15, -0.1) is 0 Å². The zero-order valence-electron chi connectivity index (χ0n) is 8.15. The zero-order chi connectivity index (χ0) is 8.67. The topological polar surface area (TPSA) is 0 Å². The summed E-state index contributed by atoms with van der Waals surface area (Å²) in [6, 6.07) is 0. The lowest BCUT2D eigenvalue weighted by atomic mass is 9.67. The first-order valence-corrected chi connectivity index (χ1v) is 5.80. The van der Waals surface area contributed by atoms with Crippen molar-refractivity contribution in [2.75, 3.05) is 0 Å². The largest absolute Gasteiger partial charge is 0.0808 e. The Morgan fingerprint density at radius 1 is 0.846 bits per heavy atom. The molecule has 3 aliphatic rings. The maximum absolute atomic E-state index is 2.48. The van der Waals surface area contributed by atoms with Gasteiger partial charge in [-0.25, -0.2) is 0 Å². The maximum atomic E-state index is 2.48. The highest BCUT2D eigenvalue weighted by atomic mass is 14.4. The molecule has 0 saturated heterocycles. The van der Waals surface area contributed by atoms with Gasteiger partial charge in [0.1, 0.15) is 0 Å². The average Bonchev–Trinajstić information content (AvgIpc) is 2.65. The van der Waals surface area contributed by atoms with Crippen molar-refractivity contribution in [2.24, 2.45) is 23.7 Å². The smallest absolute Gasteiger partial charge is 0.0136 e. The molecule has 0 N–H and O–H groups in total. The Balaban J connectivity index is 1.86. The first kappa shape index (κ1) is 7.84. The monoisotopic (exact) mass is 174 g/mol. The lowest BCUT2D eigenvalue weighted by molar-refractivity contribution is 0.174. The number of rotatable bonds is 0. The molecule has 0 heteroatoms. The van der Waals surface area contributed by atoms with E-state index in [-0.39, 0.29) is 0 Å². The van der Waals surface area contributed by atoms with Crippen LogP contribution in [-0.2, 0) is 0 Å². The minimum atomic E-state index is 0.893. The Morgan fingerprint density at radius 2 is 1.77 bits per heavy atom. The summed E-state index contributed by atoms with van der Waals surface area (Å²) in [6.07, 6.45) is 16.9. The van der Waals surface area contributed by atoms with E-state index in [1.807, 2.05) is 0 Å². The van der Waals surface area contributed by atoms with Crippen molar-refractivity contribution >= 4 is 0 Å². The molecule has 13 heavy (non-hydrogen) atoms. The molecule has 3 aliphatic carbocycles. The van der Waals surface area contributed by atoms with E-state index in [4.69, 9.17) is 0 Å². The first-order chi connectivity index (χ1) is 6.45. The summed E-state index contributed by atoms with van der Waals surface area (Å²) in [7, 11) is 0. The molecule has 70 valence electrons. The van der Waals surface area contributed by atoms with Crippen molar-refractivity contribution in [2.45, 2.75) is 32.1 Å². The van der Waals surface area contributed by atoms with Crippen molar-refractivity contribution in [1.82, 2.24) is 0 Å². The summed E-state index contributed by atoms with van der Waals surface area (Å²) in [5.74, 6) is 3.92. The van der Waals surface area contributed by atoms with Gasteiger partial charge in [0.15, 0.2) is 0 Å². The summed E-state index contributed by atoms with van der Waals surface area (Å²) >= 11 is 0. The number of allylic oxidation sites excluding steroid dienone is 4. The molecule has 3 rings (SSSR count). The van der Waals surface area contributed by atoms with E-state index in [0.717, 1.165) is 23.7 Å². The molecule has 2 fully saturated rings. The molecule has 4 unspecified atom stereocenters. The number of fused-ring (bicyclic) bond motifs is 3. The molecule has 0 heterocycles. The van der Waals surface area contributed by atoms with Crippen LogP contribution in [0.4, 0.5) is 0 Å². The molecule has 0 aliphatic heterocycles. The highest BCUT2D eigenvalue weighted by Crippen LogP contribution is 2.49. The molecule has 0 amide bonds. The van der Waals surface area contributed by atoms with Crippen LogP contribution in [0.2, 0.25) is 0 Å². The lowest BCUT2D eigenvalue weighted by Gasteiger charge is -2.38. The summed E-state index contributed by atoms with van der Waals surface area (Å²) in [6.45, 7) is 0. The standard InChI is InChI=1S/C13H18/c1-2-6-12-10(4-1)8-9-11-5-3-7-13(11)12/h1-2,4,6,10-13H,3,5,7-9H2. The van der Waals surface area contributed by atoms with E-state index in [2.05, 4.69) is 24.3 Å². The van der Waals surface area contributed by atoms with E-state index in [0.29, 0.717) is 0 Å². The molecule has 0 radical (unpaired) electrons. The SMILES string of the molecule is C1=CC2CCC3CCCC3C2C=C1. The van der Waals surface area contributed by atoms with Gasteiger partial charge >= 0.3 is 0 Å². The van der Waals surface area contributed by atoms with Gasteiger partial charge in [0, 0.05) is 0 Å². The number of hydrogen-bond acceptors (Lipinski definition) is 0. The van der Waals surface area contributed by atoms with Gasteiger partial charge in [-0.05, 0) is 42.9 Å². The lowest BCUT2D eigenvalue weighted by Crippen LogP contribution is -2.30. The Labute approximate surface area is 80.7 Å². The fraction of sp³-hybridized carbons (Fsp3) is 0.692. The van der Waals surface area contributed by atoms with Gasteiger partial charge in [0.25, 0.3) is 0 Å². The van der Waals surface area contributed by atoms with E-state index in [1.54, 1.807) is 0 Å². The molecule has 0 aromatic carbocycles. The Kier molecular flexibility index (Phi) is 1.81. The van der Waals surface area contributed by atoms with Gasteiger partial charge in [0.05, 0.1) is 0 Å². The van der Waals surface area contributed by atoms with Crippen molar-refractivity contribution in [1.29, 1.82) is 0 Å². The van der Waals surface area contributed by atoms with Gasteiger partial charge < -0.3 is 0 Å². The predicted octanol–water partition coefficient (Wildman–Crippen LogP) is 3.55. The maximum Gasteiger partial charge on any atom is -0.0136 e. The minimum absolute atomic E-state index is 0.893. The summed E-state index contributed by atoms with van der Waals surface area (Å²) in [4.78, 5) is 0. The van der Waals surface area contributed by atoms with Crippen molar-refractivity contribution in [3.05, 3.63) is 24.3 Å². The van der Waals surface area contributed by atoms with Gasteiger partial charge in [-0.1, -0.05) is 37.1 Å². The van der Waals surface area contributed by atoms with Gasteiger partial charge in [-0.3, -0.25) is 0 Å².